The monoisotopic (exact) mass is 270 g/mol. The smallest absolute Gasteiger partial charge is 0.0705 e. The van der Waals surface area contributed by atoms with Crippen molar-refractivity contribution in [3.8, 4) is 0 Å². The lowest BCUT2D eigenvalue weighted by Crippen LogP contribution is -2.46. The summed E-state index contributed by atoms with van der Waals surface area (Å²) in [5, 5.41) is 4.90. The summed E-state index contributed by atoms with van der Waals surface area (Å²) in [6.07, 6.45) is 2.17. The predicted octanol–water partition coefficient (Wildman–Crippen LogP) is 3.20. The molecule has 3 rings (SSSR count). The molecule has 0 bridgehead atoms. The van der Waals surface area contributed by atoms with E-state index in [0.717, 1.165) is 43.8 Å². The van der Waals surface area contributed by atoms with Crippen LogP contribution in [-0.4, -0.2) is 23.7 Å². The lowest BCUT2D eigenvalue weighted by molar-refractivity contribution is 0.0446. The number of benzene rings is 1. The van der Waals surface area contributed by atoms with Crippen molar-refractivity contribution < 1.29 is 4.74 Å². The zero-order chi connectivity index (χ0) is 14.0. The van der Waals surface area contributed by atoms with E-state index in [4.69, 9.17) is 4.74 Å². The lowest BCUT2D eigenvalue weighted by Gasteiger charge is -2.34. The zero-order valence-electron chi connectivity index (χ0n) is 12.3. The number of nitrogens with one attached hydrogen (secondary N) is 1. The highest BCUT2D eigenvalue weighted by molar-refractivity contribution is 5.79. The maximum Gasteiger partial charge on any atom is 0.0705 e. The molecule has 0 unspecified atom stereocenters. The Morgan fingerprint density at radius 1 is 1.20 bits per heavy atom. The number of nitrogens with zero attached hydrogens (tertiary/aromatic N) is 1. The van der Waals surface area contributed by atoms with Crippen molar-refractivity contribution in [2.45, 2.75) is 38.8 Å². The summed E-state index contributed by atoms with van der Waals surface area (Å²) < 4.78 is 5.44. The largest absolute Gasteiger partial charge is 0.381 e. The molecule has 0 radical (unpaired) electrons. The summed E-state index contributed by atoms with van der Waals surface area (Å²) in [6, 6.07) is 10.7. The van der Waals surface area contributed by atoms with Gasteiger partial charge in [0.15, 0.2) is 0 Å². The first-order chi connectivity index (χ1) is 9.65. The van der Waals surface area contributed by atoms with Crippen LogP contribution in [0.1, 0.15) is 31.0 Å². The maximum absolute atomic E-state index is 5.44. The Morgan fingerprint density at radius 3 is 2.80 bits per heavy atom. The van der Waals surface area contributed by atoms with E-state index in [0.29, 0.717) is 0 Å². The molecule has 0 saturated carbocycles. The van der Waals surface area contributed by atoms with E-state index in [9.17, 15) is 0 Å². The quantitative estimate of drug-likeness (QED) is 0.930. The fourth-order valence-electron chi connectivity index (χ4n) is 2.70. The molecule has 1 fully saturated rings. The Kier molecular flexibility index (Phi) is 3.72. The van der Waals surface area contributed by atoms with Gasteiger partial charge in [-0.15, -0.1) is 0 Å². The molecule has 0 amide bonds. The molecule has 1 aromatic carbocycles. The van der Waals surface area contributed by atoms with Crippen molar-refractivity contribution in [2.75, 3.05) is 13.2 Å². The van der Waals surface area contributed by atoms with Crippen LogP contribution in [0.3, 0.4) is 0 Å². The molecule has 1 saturated heterocycles. The van der Waals surface area contributed by atoms with Crippen molar-refractivity contribution in [1.82, 2.24) is 10.3 Å². The standard InChI is InChI=1S/C17H22N2O/c1-13-3-5-15-11-14(4-6-16(15)19-13)12-18-17(2)7-9-20-10-8-17/h3-6,11,18H,7-10,12H2,1-2H3. The van der Waals surface area contributed by atoms with Gasteiger partial charge in [-0.3, -0.25) is 4.98 Å². The third kappa shape index (κ3) is 3.00. The molecule has 2 heterocycles. The molecular weight excluding hydrogens is 248 g/mol. The first kappa shape index (κ1) is 13.5. The van der Waals surface area contributed by atoms with Gasteiger partial charge in [0.25, 0.3) is 0 Å². The number of aryl methyl sites for hydroxylation is 1. The Labute approximate surface area is 120 Å². The minimum Gasteiger partial charge on any atom is -0.381 e. The molecule has 0 spiro atoms. The van der Waals surface area contributed by atoms with Crippen molar-refractivity contribution in [3.63, 3.8) is 0 Å². The normalized spacial score (nSPS) is 18.3. The molecule has 1 N–H and O–H groups in total. The van der Waals surface area contributed by atoms with Gasteiger partial charge in [-0.2, -0.15) is 0 Å². The third-order valence-electron chi connectivity index (χ3n) is 4.21. The third-order valence-corrected chi connectivity index (χ3v) is 4.21. The van der Waals surface area contributed by atoms with E-state index in [2.05, 4.69) is 47.6 Å². The van der Waals surface area contributed by atoms with Crippen LogP contribution >= 0.6 is 0 Å². The number of pyridine rings is 1. The molecule has 0 aliphatic carbocycles. The molecule has 0 atom stereocenters. The van der Waals surface area contributed by atoms with Crippen LogP contribution in [0.5, 0.6) is 0 Å². The van der Waals surface area contributed by atoms with Gasteiger partial charge in [0.2, 0.25) is 0 Å². The van der Waals surface area contributed by atoms with Crippen molar-refractivity contribution in [1.29, 1.82) is 0 Å². The highest BCUT2D eigenvalue weighted by Gasteiger charge is 2.26. The van der Waals surface area contributed by atoms with E-state index in [-0.39, 0.29) is 5.54 Å². The van der Waals surface area contributed by atoms with Gasteiger partial charge in [-0.05, 0) is 50.5 Å². The molecule has 1 aliphatic rings. The fourth-order valence-corrected chi connectivity index (χ4v) is 2.70. The van der Waals surface area contributed by atoms with Gasteiger partial charge in [0, 0.05) is 36.4 Å². The van der Waals surface area contributed by atoms with Crippen LogP contribution in [0.25, 0.3) is 10.9 Å². The average molecular weight is 270 g/mol. The second-order valence-corrected chi connectivity index (χ2v) is 6.01. The Balaban J connectivity index is 1.72. The molecule has 20 heavy (non-hydrogen) atoms. The number of aromatic nitrogens is 1. The van der Waals surface area contributed by atoms with Crippen LogP contribution in [0, 0.1) is 6.92 Å². The van der Waals surface area contributed by atoms with Crippen molar-refractivity contribution >= 4 is 10.9 Å². The Bertz CT molecular complexity index is 603. The summed E-state index contributed by atoms with van der Waals surface area (Å²) in [5.74, 6) is 0. The first-order valence-electron chi connectivity index (χ1n) is 7.34. The highest BCUT2D eigenvalue weighted by atomic mass is 16.5. The minimum absolute atomic E-state index is 0.207. The lowest BCUT2D eigenvalue weighted by atomic mass is 9.92. The number of hydrogen-bond acceptors (Lipinski definition) is 3. The van der Waals surface area contributed by atoms with Crippen LogP contribution in [-0.2, 0) is 11.3 Å². The van der Waals surface area contributed by atoms with E-state index in [1.54, 1.807) is 0 Å². The SMILES string of the molecule is Cc1ccc2cc(CNC3(C)CCOCC3)ccc2n1. The van der Waals surface area contributed by atoms with E-state index in [1.807, 2.05) is 6.92 Å². The topological polar surface area (TPSA) is 34.1 Å². The second-order valence-electron chi connectivity index (χ2n) is 6.01. The van der Waals surface area contributed by atoms with E-state index < -0.39 is 0 Å². The number of rotatable bonds is 3. The van der Waals surface area contributed by atoms with Gasteiger partial charge >= 0.3 is 0 Å². The van der Waals surface area contributed by atoms with Crippen LogP contribution in [0.4, 0.5) is 0 Å². The second kappa shape index (κ2) is 5.51. The molecule has 1 aliphatic heterocycles. The Hall–Kier alpha value is -1.45. The molecule has 1 aromatic heterocycles. The van der Waals surface area contributed by atoms with Gasteiger partial charge in [-0.25, -0.2) is 0 Å². The molecular formula is C17H22N2O. The summed E-state index contributed by atoms with van der Waals surface area (Å²) in [5.41, 5.74) is 3.67. The maximum atomic E-state index is 5.44. The average Bonchev–Trinajstić information content (AvgIpc) is 2.46. The van der Waals surface area contributed by atoms with Crippen LogP contribution < -0.4 is 5.32 Å². The van der Waals surface area contributed by atoms with E-state index in [1.165, 1.54) is 10.9 Å². The fraction of sp³-hybridized carbons (Fsp3) is 0.471. The van der Waals surface area contributed by atoms with Crippen molar-refractivity contribution in [3.05, 3.63) is 41.6 Å². The summed E-state index contributed by atoms with van der Waals surface area (Å²) in [7, 11) is 0. The number of ether oxygens (including phenoxy) is 1. The van der Waals surface area contributed by atoms with Crippen LogP contribution in [0.2, 0.25) is 0 Å². The number of fused-ring (bicyclic) bond motifs is 1. The molecule has 106 valence electrons. The molecule has 2 aromatic rings. The Morgan fingerprint density at radius 2 is 2.00 bits per heavy atom. The summed E-state index contributed by atoms with van der Waals surface area (Å²) >= 11 is 0. The highest BCUT2D eigenvalue weighted by Crippen LogP contribution is 2.21. The minimum atomic E-state index is 0.207. The number of hydrogen-bond donors (Lipinski definition) is 1. The zero-order valence-corrected chi connectivity index (χ0v) is 12.3. The van der Waals surface area contributed by atoms with Crippen molar-refractivity contribution in [2.24, 2.45) is 0 Å². The van der Waals surface area contributed by atoms with Gasteiger partial charge in [0.1, 0.15) is 0 Å². The van der Waals surface area contributed by atoms with Crippen LogP contribution in [0.15, 0.2) is 30.3 Å². The van der Waals surface area contributed by atoms with Gasteiger partial charge < -0.3 is 10.1 Å². The van der Waals surface area contributed by atoms with Gasteiger partial charge in [-0.1, -0.05) is 12.1 Å². The summed E-state index contributed by atoms with van der Waals surface area (Å²) in [4.78, 5) is 4.54. The summed E-state index contributed by atoms with van der Waals surface area (Å²) in [6.45, 7) is 6.96. The van der Waals surface area contributed by atoms with E-state index >= 15 is 0 Å². The molecule has 3 nitrogen and oxygen atoms in total. The predicted molar refractivity (Wildman–Crippen MR) is 81.8 cm³/mol. The van der Waals surface area contributed by atoms with Gasteiger partial charge in [0.05, 0.1) is 5.52 Å². The molecule has 3 heteroatoms. The first-order valence-corrected chi connectivity index (χ1v) is 7.34.